The highest BCUT2D eigenvalue weighted by Crippen LogP contribution is 2.29. The van der Waals surface area contributed by atoms with E-state index < -0.39 is 5.82 Å². The van der Waals surface area contributed by atoms with Crippen LogP contribution in [-0.2, 0) is 0 Å². The van der Waals surface area contributed by atoms with Gasteiger partial charge in [-0.2, -0.15) is 0 Å². The minimum Gasteiger partial charge on any atom is -0.370 e. The van der Waals surface area contributed by atoms with Crippen LogP contribution in [0, 0.1) is 5.82 Å². The van der Waals surface area contributed by atoms with E-state index in [9.17, 15) is 4.39 Å². The largest absolute Gasteiger partial charge is 0.370 e. The SMILES string of the molecule is CC1CN(c2cc(Cl)c(F)c(Cl)c2)CCCN1. The monoisotopic (exact) mass is 276 g/mol. The molecule has 0 spiro atoms. The third-order valence-corrected chi connectivity index (χ3v) is 3.48. The molecule has 2 rings (SSSR count). The molecule has 1 fully saturated rings. The Morgan fingerprint density at radius 1 is 1.35 bits per heavy atom. The van der Waals surface area contributed by atoms with Crippen molar-refractivity contribution in [2.45, 2.75) is 19.4 Å². The molecule has 2 nitrogen and oxygen atoms in total. The third-order valence-electron chi connectivity index (χ3n) is 2.93. The molecule has 1 aromatic rings. The first-order chi connectivity index (χ1) is 8.08. The van der Waals surface area contributed by atoms with Gasteiger partial charge in [0.25, 0.3) is 0 Å². The summed E-state index contributed by atoms with van der Waals surface area (Å²) in [4.78, 5) is 2.18. The molecule has 0 saturated carbocycles. The number of halogens is 3. The molecule has 1 saturated heterocycles. The van der Waals surface area contributed by atoms with Crippen LogP contribution in [0.5, 0.6) is 0 Å². The summed E-state index contributed by atoms with van der Waals surface area (Å²) >= 11 is 11.6. The maximum Gasteiger partial charge on any atom is 0.160 e. The van der Waals surface area contributed by atoms with E-state index in [-0.39, 0.29) is 10.0 Å². The van der Waals surface area contributed by atoms with E-state index in [0.29, 0.717) is 6.04 Å². The fraction of sp³-hybridized carbons (Fsp3) is 0.500. The van der Waals surface area contributed by atoms with Crippen LogP contribution in [0.15, 0.2) is 12.1 Å². The van der Waals surface area contributed by atoms with Gasteiger partial charge < -0.3 is 10.2 Å². The van der Waals surface area contributed by atoms with E-state index in [1.165, 1.54) is 0 Å². The second-order valence-electron chi connectivity index (χ2n) is 4.38. The predicted octanol–water partition coefficient (Wildman–Crippen LogP) is 3.32. The summed E-state index contributed by atoms with van der Waals surface area (Å²) < 4.78 is 13.3. The molecule has 1 aromatic carbocycles. The molecule has 0 radical (unpaired) electrons. The van der Waals surface area contributed by atoms with E-state index in [4.69, 9.17) is 23.2 Å². The Labute approximate surface area is 111 Å². The molecular weight excluding hydrogens is 262 g/mol. The zero-order valence-electron chi connectivity index (χ0n) is 9.64. The smallest absolute Gasteiger partial charge is 0.160 e. The standard InChI is InChI=1S/C12H15Cl2FN2/c1-8-7-17(4-2-3-16-8)9-5-10(13)12(15)11(14)6-9/h5-6,8,16H,2-4,7H2,1H3. The van der Waals surface area contributed by atoms with Gasteiger partial charge in [0.2, 0.25) is 0 Å². The lowest BCUT2D eigenvalue weighted by atomic mass is 10.2. The summed E-state index contributed by atoms with van der Waals surface area (Å²) in [5.74, 6) is -0.543. The Hall–Kier alpha value is -0.510. The van der Waals surface area contributed by atoms with E-state index in [0.717, 1.165) is 31.7 Å². The molecule has 0 bridgehead atoms. The molecule has 1 aliphatic heterocycles. The first-order valence-electron chi connectivity index (χ1n) is 5.71. The van der Waals surface area contributed by atoms with Gasteiger partial charge in [0.15, 0.2) is 5.82 Å². The van der Waals surface area contributed by atoms with E-state index in [1.54, 1.807) is 12.1 Å². The molecule has 1 unspecified atom stereocenters. The minimum atomic E-state index is -0.543. The molecule has 1 heterocycles. The lowest BCUT2D eigenvalue weighted by molar-refractivity contribution is 0.584. The third kappa shape index (κ3) is 3.03. The van der Waals surface area contributed by atoms with Gasteiger partial charge >= 0.3 is 0 Å². The maximum absolute atomic E-state index is 13.3. The van der Waals surface area contributed by atoms with Crippen molar-refractivity contribution in [3.8, 4) is 0 Å². The number of nitrogens with zero attached hydrogens (tertiary/aromatic N) is 1. The van der Waals surface area contributed by atoms with Crippen molar-refractivity contribution in [3.05, 3.63) is 28.0 Å². The first-order valence-corrected chi connectivity index (χ1v) is 6.46. The van der Waals surface area contributed by atoms with Crippen LogP contribution in [0.25, 0.3) is 0 Å². The maximum atomic E-state index is 13.3. The Balaban J connectivity index is 2.26. The molecule has 1 atom stereocenters. The van der Waals surface area contributed by atoms with Crippen molar-refractivity contribution in [3.63, 3.8) is 0 Å². The summed E-state index contributed by atoms with van der Waals surface area (Å²) in [6, 6.07) is 3.68. The van der Waals surface area contributed by atoms with Crippen LogP contribution in [0.4, 0.5) is 10.1 Å². The van der Waals surface area contributed by atoms with E-state index >= 15 is 0 Å². The van der Waals surface area contributed by atoms with Crippen molar-refractivity contribution in [1.82, 2.24) is 5.32 Å². The Bertz CT molecular complexity index is 388. The van der Waals surface area contributed by atoms with Gasteiger partial charge in [0, 0.05) is 24.8 Å². The van der Waals surface area contributed by atoms with Crippen molar-refractivity contribution >= 4 is 28.9 Å². The van der Waals surface area contributed by atoms with Crippen LogP contribution < -0.4 is 10.2 Å². The van der Waals surface area contributed by atoms with Crippen LogP contribution >= 0.6 is 23.2 Å². The number of nitrogens with one attached hydrogen (secondary N) is 1. The summed E-state index contributed by atoms with van der Waals surface area (Å²) in [5, 5.41) is 3.56. The van der Waals surface area contributed by atoms with Crippen molar-refractivity contribution in [2.75, 3.05) is 24.5 Å². The zero-order chi connectivity index (χ0) is 12.4. The molecule has 94 valence electrons. The number of hydrogen-bond donors (Lipinski definition) is 1. The van der Waals surface area contributed by atoms with Gasteiger partial charge in [-0.25, -0.2) is 4.39 Å². The molecule has 17 heavy (non-hydrogen) atoms. The van der Waals surface area contributed by atoms with Gasteiger partial charge in [0.1, 0.15) is 0 Å². The molecule has 1 aliphatic rings. The van der Waals surface area contributed by atoms with Crippen LogP contribution in [0.2, 0.25) is 10.0 Å². The highest BCUT2D eigenvalue weighted by molar-refractivity contribution is 6.35. The average Bonchev–Trinajstić information content (AvgIpc) is 2.50. The Morgan fingerprint density at radius 2 is 2.00 bits per heavy atom. The summed E-state index contributed by atoms with van der Waals surface area (Å²) in [6.07, 6.45) is 1.05. The van der Waals surface area contributed by atoms with Gasteiger partial charge in [-0.3, -0.25) is 0 Å². The molecule has 1 N–H and O–H groups in total. The summed E-state index contributed by atoms with van der Waals surface area (Å²) in [5.41, 5.74) is 0.886. The number of benzene rings is 1. The Morgan fingerprint density at radius 3 is 2.65 bits per heavy atom. The number of hydrogen-bond acceptors (Lipinski definition) is 2. The lowest BCUT2D eigenvalue weighted by Crippen LogP contribution is -2.35. The highest BCUT2D eigenvalue weighted by Gasteiger charge is 2.17. The average molecular weight is 277 g/mol. The van der Waals surface area contributed by atoms with Gasteiger partial charge in [-0.1, -0.05) is 23.2 Å². The second-order valence-corrected chi connectivity index (χ2v) is 5.19. The Kier molecular flexibility index (Phi) is 4.13. The molecule has 0 aromatic heterocycles. The normalized spacial score (nSPS) is 21.4. The quantitative estimate of drug-likeness (QED) is 0.792. The fourth-order valence-corrected chi connectivity index (χ4v) is 2.54. The molecule has 0 amide bonds. The van der Waals surface area contributed by atoms with Crippen LogP contribution in [0.3, 0.4) is 0 Å². The number of rotatable bonds is 1. The lowest BCUT2D eigenvalue weighted by Gasteiger charge is -2.25. The first kappa shape index (κ1) is 12.9. The van der Waals surface area contributed by atoms with Crippen LogP contribution in [-0.4, -0.2) is 25.7 Å². The van der Waals surface area contributed by atoms with E-state index in [1.807, 2.05) is 0 Å². The topological polar surface area (TPSA) is 15.3 Å². The predicted molar refractivity (Wildman–Crippen MR) is 70.7 cm³/mol. The molecular formula is C12H15Cl2FN2. The van der Waals surface area contributed by atoms with Gasteiger partial charge in [-0.05, 0) is 32.0 Å². The second kappa shape index (κ2) is 5.42. The van der Waals surface area contributed by atoms with Gasteiger partial charge in [-0.15, -0.1) is 0 Å². The van der Waals surface area contributed by atoms with Crippen molar-refractivity contribution < 1.29 is 4.39 Å². The molecule has 0 aliphatic carbocycles. The fourth-order valence-electron chi connectivity index (χ4n) is 2.06. The summed E-state index contributed by atoms with van der Waals surface area (Å²) in [7, 11) is 0. The minimum absolute atomic E-state index is 0.0809. The summed E-state index contributed by atoms with van der Waals surface area (Å²) in [6.45, 7) is 4.93. The zero-order valence-corrected chi connectivity index (χ0v) is 11.2. The molecule has 5 heteroatoms. The van der Waals surface area contributed by atoms with Crippen molar-refractivity contribution in [1.29, 1.82) is 0 Å². The van der Waals surface area contributed by atoms with Crippen molar-refractivity contribution in [2.24, 2.45) is 0 Å². The number of anilines is 1. The van der Waals surface area contributed by atoms with E-state index in [2.05, 4.69) is 17.1 Å². The van der Waals surface area contributed by atoms with Crippen LogP contribution in [0.1, 0.15) is 13.3 Å². The highest BCUT2D eigenvalue weighted by atomic mass is 35.5. The van der Waals surface area contributed by atoms with Gasteiger partial charge in [0.05, 0.1) is 10.0 Å².